The predicted octanol–water partition coefficient (Wildman–Crippen LogP) is 16.4. The highest BCUT2D eigenvalue weighted by Crippen LogP contribution is 2.62. The summed E-state index contributed by atoms with van der Waals surface area (Å²) in [7, 11) is 0. The first kappa shape index (κ1) is 35.2. The molecule has 0 fully saturated rings. The molecule has 8 aromatic carbocycles. The third-order valence-electron chi connectivity index (χ3n) is 15.1. The Bertz CT molecular complexity index is 3360. The Labute approximate surface area is 352 Å². The fourth-order valence-corrected chi connectivity index (χ4v) is 12.9. The Kier molecular flexibility index (Phi) is 6.86. The summed E-state index contributed by atoms with van der Waals surface area (Å²) in [5.41, 5.74) is 23.3. The van der Waals surface area contributed by atoms with Crippen LogP contribution in [0.2, 0.25) is 0 Å². The van der Waals surface area contributed by atoms with Crippen molar-refractivity contribution < 1.29 is 0 Å². The van der Waals surface area contributed by atoms with Crippen LogP contribution in [0.25, 0.3) is 86.6 Å². The summed E-state index contributed by atoms with van der Waals surface area (Å²) in [5, 5.41) is 8.25. The molecule has 0 atom stereocenters. The molecule has 0 bridgehead atoms. The van der Waals surface area contributed by atoms with Crippen LogP contribution in [-0.2, 0) is 16.2 Å². The van der Waals surface area contributed by atoms with Crippen molar-refractivity contribution in [1.82, 2.24) is 0 Å². The molecule has 59 heavy (non-hydrogen) atoms. The van der Waals surface area contributed by atoms with Crippen LogP contribution in [0.5, 0.6) is 0 Å². The fraction of sp³-hybridized carbons (Fsp3) is 0.207. The lowest BCUT2D eigenvalue weighted by Gasteiger charge is -2.35. The van der Waals surface area contributed by atoms with Gasteiger partial charge in [0.05, 0.1) is 0 Å². The van der Waals surface area contributed by atoms with E-state index >= 15 is 0 Å². The van der Waals surface area contributed by atoms with Crippen LogP contribution < -0.4 is 0 Å². The molecule has 0 aliphatic heterocycles. The smallest absolute Gasteiger partial charge is 0.0428 e. The van der Waals surface area contributed by atoms with E-state index in [0.29, 0.717) is 0 Å². The molecule has 3 aliphatic carbocycles. The summed E-state index contributed by atoms with van der Waals surface area (Å²) < 4.78 is 0. The van der Waals surface area contributed by atoms with Gasteiger partial charge in [-0.05, 0) is 173 Å². The van der Waals surface area contributed by atoms with Crippen LogP contribution in [0.15, 0.2) is 127 Å². The van der Waals surface area contributed by atoms with Crippen LogP contribution in [0.4, 0.5) is 0 Å². The second kappa shape index (κ2) is 11.5. The van der Waals surface area contributed by atoms with Gasteiger partial charge in [0.1, 0.15) is 0 Å². The molecule has 12 rings (SSSR count). The van der Waals surface area contributed by atoms with E-state index in [0.717, 1.165) is 0 Å². The maximum Gasteiger partial charge on any atom is 0.0428 e. The third-order valence-corrected chi connectivity index (χ3v) is 16.4. The average Bonchev–Trinajstić information content (AvgIpc) is 3.79. The second-order valence-corrected chi connectivity index (χ2v) is 20.4. The molecule has 0 radical (unpaired) electrons. The van der Waals surface area contributed by atoms with E-state index in [9.17, 15) is 0 Å². The minimum absolute atomic E-state index is 0.102. The topological polar surface area (TPSA) is 0 Å². The first-order chi connectivity index (χ1) is 28.3. The summed E-state index contributed by atoms with van der Waals surface area (Å²) >= 11 is 1.99. The van der Waals surface area contributed by atoms with E-state index < -0.39 is 0 Å². The van der Waals surface area contributed by atoms with E-state index in [1.165, 1.54) is 137 Å². The van der Waals surface area contributed by atoms with Crippen molar-refractivity contribution in [2.75, 3.05) is 0 Å². The fourth-order valence-electron chi connectivity index (χ4n) is 11.7. The highest BCUT2D eigenvalue weighted by molar-refractivity contribution is 7.21. The lowest BCUT2D eigenvalue weighted by atomic mass is 9.68. The molecule has 1 heterocycles. The van der Waals surface area contributed by atoms with Crippen LogP contribution >= 0.6 is 11.3 Å². The minimum atomic E-state index is -0.161. The number of thiophene rings is 1. The normalized spacial score (nSPS) is 15.9. The quantitative estimate of drug-likeness (QED) is 0.168. The van der Waals surface area contributed by atoms with Crippen LogP contribution in [0.3, 0.4) is 0 Å². The minimum Gasteiger partial charge on any atom is -0.134 e. The van der Waals surface area contributed by atoms with Crippen molar-refractivity contribution in [2.45, 2.75) is 78.6 Å². The van der Waals surface area contributed by atoms with Gasteiger partial charge in [0.2, 0.25) is 0 Å². The summed E-state index contributed by atoms with van der Waals surface area (Å²) in [5.74, 6) is 0. The van der Waals surface area contributed by atoms with Gasteiger partial charge in [-0.15, -0.1) is 11.3 Å². The molecule has 1 heteroatoms. The zero-order valence-electron chi connectivity index (χ0n) is 35.5. The van der Waals surface area contributed by atoms with Crippen molar-refractivity contribution in [1.29, 1.82) is 0 Å². The summed E-state index contributed by atoms with van der Waals surface area (Å²) in [6.07, 6.45) is 0. The summed E-state index contributed by atoms with van der Waals surface area (Å²) in [6.45, 7) is 21.5. The Morgan fingerprint density at radius 2 is 0.898 bits per heavy atom. The lowest BCUT2D eigenvalue weighted by Crippen LogP contribution is -2.24. The number of benzene rings is 8. The first-order valence-electron chi connectivity index (χ1n) is 21.3. The molecule has 286 valence electrons. The first-order valence-corrected chi connectivity index (χ1v) is 22.2. The molecule has 1 aromatic heterocycles. The Balaban J connectivity index is 1.08. The van der Waals surface area contributed by atoms with Crippen molar-refractivity contribution in [2.24, 2.45) is 0 Å². The molecule has 0 nitrogen and oxygen atoms in total. The predicted molar refractivity (Wildman–Crippen MR) is 255 cm³/mol. The van der Waals surface area contributed by atoms with Crippen LogP contribution in [0.1, 0.15) is 91.6 Å². The van der Waals surface area contributed by atoms with Gasteiger partial charge in [0, 0.05) is 36.8 Å². The molecule has 0 amide bonds. The molecule has 0 saturated carbocycles. The lowest BCUT2D eigenvalue weighted by molar-refractivity contribution is 0.639. The average molecular weight is 777 g/mol. The van der Waals surface area contributed by atoms with Crippen molar-refractivity contribution >= 4 is 43.7 Å². The van der Waals surface area contributed by atoms with Gasteiger partial charge in [0.25, 0.3) is 0 Å². The zero-order chi connectivity index (χ0) is 40.5. The van der Waals surface area contributed by atoms with Crippen molar-refractivity contribution in [3.05, 3.63) is 177 Å². The Morgan fingerprint density at radius 3 is 1.61 bits per heavy atom. The van der Waals surface area contributed by atoms with E-state index in [1.54, 1.807) is 0 Å². The van der Waals surface area contributed by atoms with E-state index in [2.05, 4.69) is 190 Å². The Morgan fingerprint density at radius 1 is 0.339 bits per heavy atom. The van der Waals surface area contributed by atoms with Gasteiger partial charge >= 0.3 is 0 Å². The molecule has 0 unspecified atom stereocenters. The highest BCUT2D eigenvalue weighted by atomic mass is 32.1. The van der Waals surface area contributed by atoms with Gasteiger partial charge < -0.3 is 0 Å². The molecule has 9 aromatic rings. The summed E-state index contributed by atoms with van der Waals surface area (Å²) in [6, 6.07) is 49.4. The summed E-state index contributed by atoms with van der Waals surface area (Å²) in [4.78, 5) is 2.74. The Hall–Kier alpha value is -5.76. The molecule has 0 saturated heterocycles. The second-order valence-electron chi connectivity index (χ2n) is 19.4. The molecule has 0 spiro atoms. The third kappa shape index (κ3) is 4.44. The molecular weight excluding hydrogens is 729 g/mol. The van der Waals surface area contributed by atoms with Gasteiger partial charge in [-0.1, -0.05) is 133 Å². The van der Waals surface area contributed by atoms with Gasteiger partial charge in [-0.25, -0.2) is 0 Å². The number of rotatable bonds is 3. The standard InChI is InChI=1S/C58H48S/c1-31-24-42-43(25-32(31)2)55(36-28-47-52-48(29-36)58(8,9)46-26-33(3)37-20-15-21-44(56(47,4)5)51(37)53(46)52)59-54(42)35-22-23-40-45(27-35)57(6,7)49-30-41(34-16-11-10-12-17-34)38-18-13-14-19-39(38)50(40)49/h10-30H,1-9H3. The van der Waals surface area contributed by atoms with E-state index in [-0.39, 0.29) is 16.2 Å². The van der Waals surface area contributed by atoms with Gasteiger partial charge in [0.15, 0.2) is 0 Å². The number of hydrogen-bond acceptors (Lipinski definition) is 1. The largest absolute Gasteiger partial charge is 0.134 e. The molecule has 3 aliphatic rings. The van der Waals surface area contributed by atoms with Crippen LogP contribution in [-0.4, -0.2) is 0 Å². The molecular formula is C58H48S. The SMILES string of the molecule is Cc1cc2c(-c3ccc4c(c3)C(C)(C)c3cc(-c5ccccc5)c5ccccc5c3-4)sc(-c3cc4c5c(c3)C(C)(C)c3cccc6c(C)cc(c-5c36)C4(C)C)c2cc1C. The van der Waals surface area contributed by atoms with Gasteiger partial charge in [-0.3, -0.25) is 0 Å². The van der Waals surface area contributed by atoms with E-state index in [4.69, 9.17) is 0 Å². The molecule has 0 N–H and O–H groups in total. The number of hydrogen-bond donors (Lipinski definition) is 0. The van der Waals surface area contributed by atoms with Crippen molar-refractivity contribution in [3.63, 3.8) is 0 Å². The van der Waals surface area contributed by atoms with Gasteiger partial charge in [-0.2, -0.15) is 0 Å². The number of aryl methyl sites for hydroxylation is 3. The highest BCUT2D eigenvalue weighted by Gasteiger charge is 2.45. The monoisotopic (exact) mass is 776 g/mol. The number of fused-ring (bicyclic) bond motifs is 6. The maximum absolute atomic E-state index is 2.58. The van der Waals surface area contributed by atoms with E-state index in [1.807, 2.05) is 11.3 Å². The van der Waals surface area contributed by atoms with Crippen molar-refractivity contribution in [3.8, 4) is 54.3 Å². The zero-order valence-corrected chi connectivity index (χ0v) is 36.3. The van der Waals surface area contributed by atoms with Crippen LogP contribution in [0, 0.1) is 20.8 Å². The maximum atomic E-state index is 2.58.